The van der Waals surface area contributed by atoms with Crippen molar-refractivity contribution in [2.75, 3.05) is 6.61 Å². The van der Waals surface area contributed by atoms with Crippen LogP contribution >= 0.6 is 0 Å². The molecule has 0 saturated carbocycles. The third-order valence-corrected chi connectivity index (χ3v) is 4.00. The molecule has 0 aromatic heterocycles. The summed E-state index contributed by atoms with van der Waals surface area (Å²) in [5.41, 5.74) is 2.05. The second-order valence-electron chi connectivity index (χ2n) is 6.23. The fourth-order valence-corrected chi connectivity index (χ4v) is 2.68. The highest BCUT2D eigenvalue weighted by atomic mass is 16.6. The van der Waals surface area contributed by atoms with Crippen LogP contribution in [0.3, 0.4) is 0 Å². The average Bonchev–Trinajstić information content (AvgIpc) is 2.69. The van der Waals surface area contributed by atoms with Crippen LogP contribution in [0.4, 0.5) is 0 Å². The fraction of sp³-hybridized carbons (Fsp3) is 0.364. The first-order valence-corrected chi connectivity index (χ1v) is 9.07. The number of aldehydes is 1. The van der Waals surface area contributed by atoms with E-state index in [1.165, 1.54) is 6.92 Å². The molecule has 27 heavy (non-hydrogen) atoms. The zero-order valence-electron chi connectivity index (χ0n) is 15.6. The van der Waals surface area contributed by atoms with Gasteiger partial charge < -0.3 is 19.0 Å². The van der Waals surface area contributed by atoms with Crippen molar-refractivity contribution in [1.29, 1.82) is 0 Å². The normalized spacial score (nSPS) is 12.9. The number of hydrogen-bond acceptors (Lipinski definition) is 5. The van der Waals surface area contributed by atoms with Gasteiger partial charge in [0.15, 0.2) is 6.10 Å². The van der Waals surface area contributed by atoms with Gasteiger partial charge in [-0.15, -0.1) is 0 Å². The Labute approximate surface area is 160 Å². The number of hydrogen-bond donors (Lipinski definition) is 0. The van der Waals surface area contributed by atoms with Gasteiger partial charge in [0.2, 0.25) is 0 Å². The van der Waals surface area contributed by atoms with E-state index in [0.29, 0.717) is 26.1 Å². The molecule has 0 radical (unpaired) electrons. The minimum atomic E-state index is -0.574. The quantitative estimate of drug-likeness (QED) is 0.421. The summed E-state index contributed by atoms with van der Waals surface area (Å²) >= 11 is 0. The van der Waals surface area contributed by atoms with Crippen molar-refractivity contribution in [3.8, 4) is 0 Å². The Balaban J connectivity index is 1.97. The third-order valence-electron chi connectivity index (χ3n) is 4.00. The van der Waals surface area contributed by atoms with Gasteiger partial charge >= 0.3 is 5.97 Å². The van der Waals surface area contributed by atoms with Crippen molar-refractivity contribution < 1.29 is 23.8 Å². The number of rotatable bonds is 12. The van der Waals surface area contributed by atoms with Crippen LogP contribution in [0.15, 0.2) is 60.7 Å². The molecule has 0 amide bonds. The lowest BCUT2D eigenvalue weighted by Gasteiger charge is -2.26. The van der Waals surface area contributed by atoms with Crippen LogP contribution in [0.5, 0.6) is 0 Å². The summed E-state index contributed by atoms with van der Waals surface area (Å²) < 4.78 is 17.2. The monoisotopic (exact) mass is 370 g/mol. The minimum absolute atomic E-state index is 0.201. The summed E-state index contributed by atoms with van der Waals surface area (Å²) in [7, 11) is 0. The zero-order chi connectivity index (χ0) is 19.3. The molecule has 144 valence electrons. The van der Waals surface area contributed by atoms with Crippen molar-refractivity contribution in [3.05, 3.63) is 71.8 Å². The van der Waals surface area contributed by atoms with Crippen molar-refractivity contribution in [2.24, 2.45) is 0 Å². The molecule has 5 nitrogen and oxygen atoms in total. The van der Waals surface area contributed by atoms with Crippen molar-refractivity contribution in [2.45, 2.75) is 45.2 Å². The molecule has 0 aliphatic carbocycles. The number of carbonyl (C=O) groups is 2. The molecule has 0 heterocycles. The molecule has 0 fully saturated rings. The molecule has 0 bridgehead atoms. The summed E-state index contributed by atoms with van der Waals surface area (Å²) in [5, 5.41) is 0. The van der Waals surface area contributed by atoms with Crippen LogP contribution in [0.1, 0.15) is 30.9 Å². The maximum absolute atomic E-state index is 11.5. The Morgan fingerprint density at radius 2 is 1.52 bits per heavy atom. The van der Waals surface area contributed by atoms with Gasteiger partial charge in [-0.25, -0.2) is 0 Å². The van der Waals surface area contributed by atoms with Crippen molar-refractivity contribution in [3.63, 3.8) is 0 Å². The van der Waals surface area contributed by atoms with E-state index >= 15 is 0 Å². The molecule has 2 atom stereocenters. The third kappa shape index (κ3) is 8.15. The molecule has 0 aliphatic heterocycles. The SMILES string of the molecule is CC(=O)O[C@H](COCc1ccccc1)[C@@H](CCC=O)OCc1ccccc1. The number of esters is 1. The van der Waals surface area contributed by atoms with Crippen LogP contribution in [-0.2, 0) is 37.0 Å². The van der Waals surface area contributed by atoms with E-state index in [-0.39, 0.29) is 6.61 Å². The lowest BCUT2D eigenvalue weighted by molar-refractivity contribution is -0.163. The van der Waals surface area contributed by atoms with Crippen molar-refractivity contribution >= 4 is 12.3 Å². The van der Waals surface area contributed by atoms with Gasteiger partial charge in [-0.2, -0.15) is 0 Å². The Bertz CT molecular complexity index is 672. The Hall–Kier alpha value is -2.50. The second kappa shape index (κ2) is 12.0. The zero-order valence-corrected chi connectivity index (χ0v) is 15.6. The maximum Gasteiger partial charge on any atom is 0.303 e. The first kappa shape index (κ1) is 20.8. The predicted octanol–water partition coefficient (Wildman–Crippen LogP) is 3.70. The molecular formula is C22H26O5. The van der Waals surface area contributed by atoms with Gasteiger partial charge in [-0.1, -0.05) is 60.7 Å². The maximum atomic E-state index is 11.5. The lowest BCUT2D eigenvalue weighted by atomic mass is 10.1. The molecule has 0 spiro atoms. The Morgan fingerprint density at radius 1 is 0.926 bits per heavy atom. The molecule has 2 aromatic carbocycles. The van der Waals surface area contributed by atoms with Crippen LogP contribution in [0.2, 0.25) is 0 Å². The lowest BCUT2D eigenvalue weighted by Crippen LogP contribution is -2.37. The molecule has 2 aromatic rings. The highest BCUT2D eigenvalue weighted by molar-refractivity contribution is 5.66. The van der Waals surface area contributed by atoms with Crippen LogP contribution in [-0.4, -0.2) is 31.1 Å². The van der Waals surface area contributed by atoms with Gasteiger partial charge in [-0.3, -0.25) is 4.79 Å². The highest BCUT2D eigenvalue weighted by Gasteiger charge is 2.25. The summed E-state index contributed by atoms with van der Waals surface area (Å²) in [4.78, 5) is 22.4. The summed E-state index contributed by atoms with van der Waals surface area (Å²) in [6, 6.07) is 19.5. The molecule has 5 heteroatoms. The van der Waals surface area contributed by atoms with Gasteiger partial charge in [0.25, 0.3) is 0 Å². The molecule has 0 unspecified atom stereocenters. The smallest absolute Gasteiger partial charge is 0.303 e. The molecule has 0 aliphatic rings. The van der Waals surface area contributed by atoms with E-state index in [1.54, 1.807) is 0 Å². The van der Waals surface area contributed by atoms with E-state index in [0.717, 1.165) is 17.4 Å². The van der Waals surface area contributed by atoms with Gasteiger partial charge in [0.05, 0.1) is 25.9 Å². The van der Waals surface area contributed by atoms with E-state index in [1.807, 2.05) is 60.7 Å². The summed E-state index contributed by atoms with van der Waals surface area (Å²) in [6.07, 6.45) is 0.637. The minimum Gasteiger partial charge on any atom is -0.457 e. The molecule has 0 N–H and O–H groups in total. The average molecular weight is 370 g/mol. The standard InChI is InChI=1S/C22H26O5/c1-18(24)27-22(17-25-15-19-9-4-2-5-10-19)21(13-8-14-23)26-16-20-11-6-3-7-12-20/h2-7,9-12,14,21-22H,8,13,15-17H2,1H3/t21-,22-/m1/s1. The van der Waals surface area contributed by atoms with Crippen LogP contribution < -0.4 is 0 Å². The van der Waals surface area contributed by atoms with Crippen LogP contribution in [0, 0.1) is 0 Å². The number of benzene rings is 2. The Morgan fingerprint density at radius 3 is 2.07 bits per heavy atom. The van der Waals surface area contributed by atoms with Gasteiger partial charge in [-0.05, 0) is 17.5 Å². The van der Waals surface area contributed by atoms with Crippen LogP contribution in [0.25, 0.3) is 0 Å². The first-order chi connectivity index (χ1) is 13.2. The fourth-order valence-electron chi connectivity index (χ4n) is 2.68. The predicted molar refractivity (Wildman–Crippen MR) is 102 cm³/mol. The summed E-state index contributed by atoms with van der Waals surface area (Å²) in [5.74, 6) is -0.400. The van der Waals surface area contributed by atoms with E-state index in [9.17, 15) is 9.59 Å². The summed E-state index contributed by atoms with van der Waals surface area (Å²) in [6.45, 7) is 2.35. The number of carbonyl (C=O) groups excluding carboxylic acids is 2. The Kier molecular flexibility index (Phi) is 9.24. The molecular weight excluding hydrogens is 344 g/mol. The first-order valence-electron chi connectivity index (χ1n) is 9.07. The largest absolute Gasteiger partial charge is 0.457 e. The second-order valence-corrected chi connectivity index (χ2v) is 6.23. The van der Waals surface area contributed by atoms with E-state index < -0.39 is 18.2 Å². The molecule has 2 rings (SSSR count). The topological polar surface area (TPSA) is 61.8 Å². The van der Waals surface area contributed by atoms with E-state index in [2.05, 4.69) is 0 Å². The highest BCUT2D eigenvalue weighted by Crippen LogP contribution is 2.15. The number of ether oxygens (including phenoxy) is 3. The van der Waals surface area contributed by atoms with Gasteiger partial charge in [0.1, 0.15) is 6.29 Å². The van der Waals surface area contributed by atoms with Gasteiger partial charge in [0, 0.05) is 13.3 Å². The van der Waals surface area contributed by atoms with Crippen molar-refractivity contribution in [1.82, 2.24) is 0 Å². The van der Waals surface area contributed by atoms with E-state index in [4.69, 9.17) is 14.2 Å². The molecule has 0 saturated heterocycles.